The maximum Gasteiger partial charge on any atom is 0.339 e. The van der Waals surface area contributed by atoms with E-state index in [2.05, 4.69) is 41.5 Å². The molecule has 102 heavy (non-hydrogen) atoms. The van der Waals surface area contributed by atoms with E-state index in [0.29, 0.717) is 69.5 Å². The summed E-state index contributed by atoms with van der Waals surface area (Å²) >= 11 is 0. The lowest BCUT2D eigenvalue weighted by molar-refractivity contribution is -0.293. The van der Waals surface area contributed by atoms with Crippen molar-refractivity contribution in [1.29, 1.82) is 0 Å². The fourth-order valence-electron chi connectivity index (χ4n) is 12.5. The number of aliphatic hydroxyl groups excluding tert-OH is 3. The Balaban J connectivity index is 1.59. The minimum absolute atomic E-state index is 0.255. The molecule has 1 aliphatic rings. The van der Waals surface area contributed by atoms with Gasteiger partial charge in [0.25, 0.3) is 16.8 Å². The maximum absolute atomic E-state index is 17.6. The van der Waals surface area contributed by atoms with Crippen LogP contribution in [0, 0.1) is 0 Å². The van der Waals surface area contributed by atoms with Crippen LogP contribution in [0.5, 0.6) is 34.5 Å². The molecule has 1 aliphatic carbocycles. The Morgan fingerprint density at radius 3 is 0.676 bits per heavy atom. The van der Waals surface area contributed by atoms with Gasteiger partial charge in [-0.3, -0.25) is 14.4 Å². The smallest absolute Gasteiger partial charge is 0.339 e. The summed E-state index contributed by atoms with van der Waals surface area (Å²) in [7, 11) is 0. The molecule has 7 rings (SSSR count). The van der Waals surface area contributed by atoms with Crippen molar-refractivity contribution in [3.63, 3.8) is 0 Å². The van der Waals surface area contributed by atoms with Gasteiger partial charge in [0.2, 0.25) is 17.3 Å². The summed E-state index contributed by atoms with van der Waals surface area (Å²) in [5, 5.41) is 40.5. The molecule has 6 aromatic rings. The number of benzene rings is 6. The summed E-state index contributed by atoms with van der Waals surface area (Å²) in [4.78, 5) is 100. The zero-order chi connectivity index (χ0) is 73.2. The highest BCUT2D eigenvalue weighted by Crippen LogP contribution is 2.56. The first-order valence-corrected chi connectivity index (χ1v) is 37.3. The molecule has 0 aromatic heterocycles. The van der Waals surface area contributed by atoms with Crippen molar-refractivity contribution in [2.75, 3.05) is 39.6 Å². The topological polar surface area (TPSA) is 246 Å². The van der Waals surface area contributed by atoms with Gasteiger partial charge >= 0.3 is 17.9 Å². The Morgan fingerprint density at radius 2 is 0.461 bits per heavy atom. The fourth-order valence-corrected chi connectivity index (χ4v) is 12.5. The highest BCUT2D eigenvalue weighted by molar-refractivity contribution is 6.21. The molecule has 3 N–H and O–H groups in total. The fraction of sp³-hybridized carbons (Fsp3) is 0.500. The van der Waals surface area contributed by atoms with Gasteiger partial charge in [0.05, 0.1) is 56.3 Å². The first kappa shape index (κ1) is 80.7. The van der Waals surface area contributed by atoms with Gasteiger partial charge in [-0.25, -0.2) is 14.4 Å². The quantitative estimate of drug-likeness (QED) is 0.0139. The van der Waals surface area contributed by atoms with Crippen molar-refractivity contribution in [1.82, 2.24) is 0 Å². The third-order valence-corrected chi connectivity index (χ3v) is 18.5. The van der Waals surface area contributed by atoms with Crippen molar-refractivity contribution < 1.29 is 86.7 Å². The standard InChI is InChI=1S/C84H108O18/c1-7-13-19-25-55-94-67-43-31-61(32-44-67)74(86)82(100-79(91)64-37-49-70(50-38-64)97-58-28-22-16-10-4)77(89)73(85)78(90)83(75(87)62-33-45-68(46-34-62)95-56-26-20-14-8-2,101-80(92)65-39-51-71(52-40-65)98-59-29-23-17-11-5)84(82,76(88)63-35-47-69(48-36-63)96-57-27-21-15-9-3)102-81(93)66-41-53-72(54-42-66)99-60-30-24-18-12-6/h31-54,73,77-78,85,89-90H,7-30,55-60H2,1-6H3/t73-,77-,78+,82+,83-,84-. The number of carbonyl (C=O) groups is 6. The third kappa shape index (κ3) is 21.1. The summed E-state index contributed by atoms with van der Waals surface area (Å²) in [6.45, 7) is 14.4. The van der Waals surface area contributed by atoms with E-state index in [4.69, 9.17) is 42.6 Å². The van der Waals surface area contributed by atoms with E-state index in [9.17, 15) is 15.3 Å². The van der Waals surface area contributed by atoms with Crippen LogP contribution in [-0.2, 0) is 14.2 Å². The number of hydrogen-bond acceptors (Lipinski definition) is 18. The average Bonchev–Trinajstić information content (AvgIpc) is 0.659. The van der Waals surface area contributed by atoms with Crippen LogP contribution < -0.4 is 28.4 Å². The first-order valence-electron chi connectivity index (χ1n) is 37.3. The number of aliphatic hydroxyl groups is 3. The lowest BCUT2D eigenvalue weighted by atomic mass is 9.52. The molecule has 6 atom stereocenters. The van der Waals surface area contributed by atoms with E-state index in [-0.39, 0.29) is 40.5 Å². The predicted octanol–water partition coefficient (Wildman–Crippen LogP) is 17.3. The molecule has 0 spiro atoms. The monoisotopic (exact) mass is 1400 g/mol. The van der Waals surface area contributed by atoms with E-state index in [0.717, 1.165) is 135 Å². The number of hydrogen-bond donors (Lipinski definition) is 3. The van der Waals surface area contributed by atoms with E-state index >= 15 is 28.8 Å². The summed E-state index contributed by atoms with van der Waals surface area (Å²) in [6, 6.07) is 32.4. The van der Waals surface area contributed by atoms with Crippen LogP contribution in [0.4, 0.5) is 0 Å². The lowest BCUT2D eigenvalue weighted by Gasteiger charge is -2.60. The minimum Gasteiger partial charge on any atom is -0.494 e. The van der Waals surface area contributed by atoms with Gasteiger partial charge in [-0.1, -0.05) is 157 Å². The number of rotatable bonds is 48. The van der Waals surface area contributed by atoms with Gasteiger partial charge in [-0.15, -0.1) is 0 Å². The van der Waals surface area contributed by atoms with Crippen LogP contribution in [-0.4, -0.2) is 125 Å². The van der Waals surface area contributed by atoms with Gasteiger partial charge in [0, 0.05) is 16.7 Å². The van der Waals surface area contributed by atoms with Crippen molar-refractivity contribution >= 4 is 35.3 Å². The second-order valence-corrected chi connectivity index (χ2v) is 26.3. The number of esters is 3. The van der Waals surface area contributed by atoms with Gasteiger partial charge in [-0.2, -0.15) is 0 Å². The Bertz CT molecular complexity index is 3340. The zero-order valence-electron chi connectivity index (χ0n) is 60.8. The van der Waals surface area contributed by atoms with Crippen LogP contribution >= 0.6 is 0 Å². The molecule has 0 saturated heterocycles. The Morgan fingerprint density at radius 1 is 0.265 bits per heavy atom. The third-order valence-electron chi connectivity index (χ3n) is 18.5. The number of carbonyl (C=O) groups excluding carboxylic acids is 6. The highest BCUT2D eigenvalue weighted by Gasteiger charge is 2.88. The SMILES string of the molecule is CCCCCCOc1ccc(C(=O)O[C@@]2(C(=O)c3ccc(OCCCCCC)cc3)[C@@](OC(=O)c3ccc(OCCCCCC)cc3)(C(=O)c3ccc(OCCCCCC)cc3)[C@@H](O)[C@H](O)[C@@H](O)[C@@]2(OC(=O)c2ccc(OCCCCCC)cc2)C(=O)c2ccc(OCCCCCC)cc2)cc1. The lowest BCUT2D eigenvalue weighted by Crippen LogP contribution is -2.91. The molecule has 552 valence electrons. The second-order valence-electron chi connectivity index (χ2n) is 26.3. The normalized spacial score (nSPS) is 18.5. The molecule has 0 unspecified atom stereocenters. The van der Waals surface area contributed by atoms with Crippen LogP contribution in [0.3, 0.4) is 0 Å². The summed E-state index contributed by atoms with van der Waals surface area (Å²) in [5.41, 5.74) is -14.8. The van der Waals surface area contributed by atoms with Gasteiger partial charge in [-0.05, 0) is 184 Å². The molecule has 0 amide bonds. The highest BCUT2D eigenvalue weighted by atomic mass is 16.7. The number of unbranched alkanes of at least 4 members (excludes halogenated alkanes) is 18. The zero-order valence-corrected chi connectivity index (χ0v) is 60.8. The Hall–Kier alpha value is -8.58. The van der Waals surface area contributed by atoms with Crippen LogP contribution in [0.1, 0.15) is 258 Å². The predicted molar refractivity (Wildman–Crippen MR) is 392 cm³/mol. The van der Waals surface area contributed by atoms with E-state index in [1.807, 2.05) is 0 Å². The molecule has 0 aliphatic heterocycles. The van der Waals surface area contributed by atoms with Crippen molar-refractivity contribution in [2.24, 2.45) is 0 Å². The molecule has 0 heterocycles. The molecule has 18 nitrogen and oxygen atoms in total. The molecule has 1 saturated carbocycles. The van der Waals surface area contributed by atoms with Gasteiger partial charge in [0.15, 0.2) is 0 Å². The average molecular weight is 1410 g/mol. The molecule has 18 heteroatoms. The summed E-state index contributed by atoms with van der Waals surface area (Å²) in [6.07, 6.45) is 12.4. The second kappa shape index (κ2) is 42.1. The van der Waals surface area contributed by atoms with Gasteiger partial charge < -0.3 is 58.0 Å². The first-order chi connectivity index (χ1) is 49.6. The molecule has 0 bridgehead atoms. The Labute approximate surface area is 603 Å². The molecular formula is C84H108O18. The van der Waals surface area contributed by atoms with Gasteiger partial charge in [0.1, 0.15) is 52.8 Å². The minimum atomic E-state index is -4.20. The van der Waals surface area contributed by atoms with Crippen molar-refractivity contribution in [2.45, 2.75) is 231 Å². The van der Waals surface area contributed by atoms with Crippen LogP contribution in [0.15, 0.2) is 146 Å². The van der Waals surface area contributed by atoms with Crippen LogP contribution in [0.25, 0.3) is 0 Å². The number of Topliss-reactive ketones (excluding diaryl/α,β-unsaturated/α-hetero) is 3. The molecular weight excluding hydrogens is 1300 g/mol. The largest absolute Gasteiger partial charge is 0.494 e. The molecule has 6 aromatic carbocycles. The maximum atomic E-state index is 17.6. The number of ketones is 3. The van der Waals surface area contributed by atoms with E-state index in [1.165, 1.54) is 146 Å². The molecule has 0 radical (unpaired) electrons. The van der Waals surface area contributed by atoms with Crippen LogP contribution in [0.2, 0.25) is 0 Å². The van der Waals surface area contributed by atoms with Crippen molar-refractivity contribution in [3.8, 4) is 34.5 Å². The van der Waals surface area contributed by atoms with E-state index in [1.54, 1.807) is 0 Å². The number of ether oxygens (including phenoxy) is 9. The summed E-state index contributed by atoms with van der Waals surface area (Å²) < 4.78 is 56.8. The van der Waals surface area contributed by atoms with E-state index < -0.39 is 87.1 Å². The Kier molecular flexibility index (Phi) is 33.3. The summed E-state index contributed by atoms with van der Waals surface area (Å²) in [5.74, 6) is -7.50. The molecule has 1 fully saturated rings. The van der Waals surface area contributed by atoms with Crippen molar-refractivity contribution in [3.05, 3.63) is 179 Å².